The van der Waals surface area contributed by atoms with Gasteiger partial charge in [0.25, 0.3) is 5.91 Å². The van der Waals surface area contributed by atoms with Crippen LogP contribution >= 0.6 is 11.6 Å². The molecule has 112 valence electrons. The molecule has 1 aromatic rings. The highest BCUT2D eigenvalue weighted by molar-refractivity contribution is 6.32. The largest absolute Gasteiger partial charge is 0.454 e. The number of carbonyl (C=O) groups excluding carboxylic acids is 2. The van der Waals surface area contributed by atoms with Crippen molar-refractivity contribution in [2.75, 3.05) is 13.3 Å². The van der Waals surface area contributed by atoms with E-state index >= 15 is 0 Å². The third-order valence-corrected chi connectivity index (χ3v) is 3.02. The quantitative estimate of drug-likeness (QED) is 0.664. The Morgan fingerprint density at radius 3 is 3.00 bits per heavy atom. The summed E-state index contributed by atoms with van der Waals surface area (Å²) in [6.45, 7) is 5.31. The van der Waals surface area contributed by atoms with E-state index in [9.17, 15) is 9.59 Å². The molecule has 1 heterocycles. The highest BCUT2D eigenvalue weighted by Gasteiger charge is 2.23. The lowest BCUT2D eigenvalue weighted by Crippen LogP contribution is -2.35. The molecule has 1 aromatic carbocycles. The average molecular weight is 312 g/mol. The summed E-state index contributed by atoms with van der Waals surface area (Å²) in [6.07, 6.45) is 0.603. The van der Waals surface area contributed by atoms with Gasteiger partial charge in [0.15, 0.2) is 17.6 Å². The van der Waals surface area contributed by atoms with Gasteiger partial charge >= 0.3 is 5.97 Å². The number of carbonyl (C=O) groups is 2. The van der Waals surface area contributed by atoms with Crippen molar-refractivity contribution >= 4 is 23.5 Å². The zero-order valence-electron chi connectivity index (χ0n) is 11.3. The van der Waals surface area contributed by atoms with Gasteiger partial charge in [0, 0.05) is 6.54 Å². The van der Waals surface area contributed by atoms with E-state index in [0.29, 0.717) is 18.0 Å². The molecule has 0 unspecified atom stereocenters. The van der Waals surface area contributed by atoms with Crippen molar-refractivity contribution in [3.8, 4) is 11.5 Å². The first-order valence-corrected chi connectivity index (χ1v) is 6.59. The molecule has 1 N–H and O–H groups in total. The Morgan fingerprint density at radius 2 is 2.29 bits per heavy atom. The first kappa shape index (κ1) is 15.2. The fourth-order valence-electron chi connectivity index (χ4n) is 1.68. The van der Waals surface area contributed by atoms with E-state index < -0.39 is 18.0 Å². The lowest BCUT2D eigenvalue weighted by molar-refractivity contribution is -0.128. The second-order valence-corrected chi connectivity index (χ2v) is 4.68. The smallest absolute Gasteiger partial charge is 0.339 e. The molecule has 0 bridgehead atoms. The van der Waals surface area contributed by atoms with Crippen molar-refractivity contribution in [2.24, 2.45) is 0 Å². The maximum absolute atomic E-state index is 12.0. The fourth-order valence-corrected chi connectivity index (χ4v) is 1.95. The van der Waals surface area contributed by atoms with Crippen LogP contribution in [0.4, 0.5) is 0 Å². The van der Waals surface area contributed by atoms with E-state index in [-0.39, 0.29) is 17.4 Å². The summed E-state index contributed by atoms with van der Waals surface area (Å²) in [5, 5.41) is 2.79. The molecule has 1 atom stereocenters. The standard InChI is InChI=1S/C14H14ClNO5/c1-3-4-16-13(17)8(2)21-14(18)9-5-10(15)12-11(6-9)19-7-20-12/h3,5-6,8H,1,4,7H2,2H3,(H,16,17)/t8-/m1/s1. The van der Waals surface area contributed by atoms with E-state index in [4.69, 9.17) is 25.8 Å². The number of amides is 1. The van der Waals surface area contributed by atoms with Crippen molar-refractivity contribution in [3.05, 3.63) is 35.4 Å². The van der Waals surface area contributed by atoms with Crippen LogP contribution in [0.1, 0.15) is 17.3 Å². The van der Waals surface area contributed by atoms with Gasteiger partial charge in [-0.3, -0.25) is 4.79 Å². The zero-order chi connectivity index (χ0) is 15.4. The first-order chi connectivity index (χ1) is 10.0. The summed E-state index contributed by atoms with van der Waals surface area (Å²) in [5.41, 5.74) is 0.188. The summed E-state index contributed by atoms with van der Waals surface area (Å²) < 4.78 is 15.4. The Hall–Kier alpha value is -2.21. The van der Waals surface area contributed by atoms with Crippen molar-refractivity contribution in [2.45, 2.75) is 13.0 Å². The Bertz CT molecular complexity index is 587. The molecule has 0 fully saturated rings. The van der Waals surface area contributed by atoms with Crippen LogP contribution in [0.5, 0.6) is 11.5 Å². The van der Waals surface area contributed by atoms with Crippen LogP contribution in [0, 0.1) is 0 Å². The summed E-state index contributed by atoms with van der Waals surface area (Å²) >= 11 is 5.98. The number of rotatable bonds is 5. The predicted molar refractivity (Wildman–Crippen MR) is 75.7 cm³/mol. The average Bonchev–Trinajstić information content (AvgIpc) is 2.93. The van der Waals surface area contributed by atoms with E-state index in [0.717, 1.165) is 0 Å². The third-order valence-electron chi connectivity index (χ3n) is 2.74. The van der Waals surface area contributed by atoms with Crippen LogP contribution in [0.15, 0.2) is 24.8 Å². The van der Waals surface area contributed by atoms with Gasteiger partial charge in [0.1, 0.15) is 0 Å². The van der Waals surface area contributed by atoms with Gasteiger partial charge in [-0.1, -0.05) is 17.7 Å². The number of ether oxygens (including phenoxy) is 3. The van der Waals surface area contributed by atoms with E-state index in [2.05, 4.69) is 11.9 Å². The molecule has 0 saturated heterocycles. The van der Waals surface area contributed by atoms with E-state index in [1.807, 2.05) is 0 Å². The molecule has 6 nitrogen and oxygen atoms in total. The number of fused-ring (bicyclic) bond motifs is 1. The molecule has 1 aliphatic rings. The topological polar surface area (TPSA) is 73.9 Å². The lowest BCUT2D eigenvalue weighted by atomic mass is 10.2. The molecule has 21 heavy (non-hydrogen) atoms. The maximum Gasteiger partial charge on any atom is 0.339 e. The monoisotopic (exact) mass is 311 g/mol. The van der Waals surface area contributed by atoms with Crippen molar-refractivity contribution in [3.63, 3.8) is 0 Å². The third kappa shape index (κ3) is 3.46. The highest BCUT2D eigenvalue weighted by atomic mass is 35.5. The van der Waals surface area contributed by atoms with E-state index in [1.165, 1.54) is 25.1 Å². The molecule has 0 aromatic heterocycles. The Labute approximate surface area is 126 Å². The minimum absolute atomic E-state index is 0.0495. The predicted octanol–water partition coefficient (Wildman–Crippen LogP) is 1.92. The van der Waals surface area contributed by atoms with Crippen LogP contribution in [-0.2, 0) is 9.53 Å². The number of hydrogen-bond acceptors (Lipinski definition) is 5. The molecular formula is C14H14ClNO5. The van der Waals surface area contributed by atoms with Crippen molar-refractivity contribution < 1.29 is 23.8 Å². The van der Waals surface area contributed by atoms with Crippen LogP contribution in [0.25, 0.3) is 0 Å². The van der Waals surface area contributed by atoms with Gasteiger partial charge in [-0.15, -0.1) is 6.58 Å². The minimum Gasteiger partial charge on any atom is -0.454 e. The summed E-state index contributed by atoms with van der Waals surface area (Å²) in [5.74, 6) is -0.310. The van der Waals surface area contributed by atoms with Crippen LogP contribution < -0.4 is 14.8 Å². The van der Waals surface area contributed by atoms with Crippen molar-refractivity contribution in [1.82, 2.24) is 5.32 Å². The number of benzene rings is 1. The summed E-state index contributed by atoms with van der Waals surface area (Å²) in [7, 11) is 0. The second kappa shape index (κ2) is 6.49. The van der Waals surface area contributed by atoms with Gasteiger partial charge in [0.2, 0.25) is 6.79 Å². The molecule has 0 radical (unpaired) electrons. The second-order valence-electron chi connectivity index (χ2n) is 4.27. The number of esters is 1. The number of hydrogen-bond donors (Lipinski definition) is 1. The van der Waals surface area contributed by atoms with Crippen LogP contribution in [0.2, 0.25) is 5.02 Å². The van der Waals surface area contributed by atoms with Gasteiger partial charge < -0.3 is 19.5 Å². The summed E-state index contributed by atoms with van der Waals surface area (Å²) in [4.78, 5) is 23.6. The normalized spacial score (nSPS) is 13.4. The maximum atomic E-state index is 12.0. The first-order valence-electron chi connectivity index (χ1n) is 6.21. The lowest BCUT2D eigenvalue weighted by Gasteiger charge is -2.13. The van der Waals surface area contributed by atoms with Gasteiger partial charge in [-0.2, -0.15) is 0 Å². The molecule has 0 saturated carbocycles. The zero-order valence-corrected chi connectivity index (χ0v) is 12.1. The minimum atomic E-state index is -0.929. The fraction of sp³-hybridized carbons (Fsp3) is 0.286. The Morgan fingerprint density at radius 1 is 1.52 bits per heavy atom. The molecule has 1 amide bonds. The van der Waals surface area contributed by atoms with Crippen molar-refractivity contribution in [1.29, 1.82) is 0 Å². The van der Waals surface area contributed by atoms with E-state index in [1.54, 1.807) is 0 Å². The van der Waals surface area contributed by atoms with Gasteiger partial charge in [-0.05, 0) is 19.1 Å². The molecule has 1 aliphatic heterocycles. The SMILES string of the molecule is C=CCNC(=O)[C@@H](C)OC(=O)c1cc(Cl)c2c(c1)OCO2. The molecule has 0 spiro atoms. The van der Waals surface area contributed by atoms with Crippen LogP contribution in [-0.4, -0.2) is 31.3 Å². The molecule has 7 heteroatoms. The molecule has 0 aliphatic carbocycles. The highest BCUT2D eigenvalue weighted by Crippen LogP contribution is 2.39. The summed E-state index contributed by atoms with van der Waals surface area (Å²) in [6, 6.07) is 2.87. The van der Waals surface area contributed by atoms with Gasteiger partial charge in [-0.25, -0.2) is 4.79 Å². The Balaban J connectivity index is 2.05. The molecule has 2 rings (SSSR count). The Kier molecular flexibility index (Phi) is 4.70. The molecular weight excluding hydrogens is 298 g/mol. The number of halogens is 1. The van der Waals surface area contributed by atoms with Gasteiger partial charge in [0.05, 0.1) is 10.6 Å². The van der Waals surface area contributed by atoms with Crippen LogP contribution in [0.3, 0.4) is 0 Å². The number of nitrogens with one attached hydrogen (secondary N) is 1.